The molecule has 0 bridgehead atoms. The third kappa shape index (κ3) is 3.25. The molecular weight excluding hydrogens is 226 g/mol. The summed E-state index contributed by atoms with van der Waals surface area (Å²) in [5.41, 5.74) is 0. The van der Waals surface area contributed by atoms with Crippen LogP contribution in [-0.4, -0.2) is 24.2 Å². The van der Waals surface area contributed by atoms with Gasteiger partial charge in [0.2, 0.25) is 5.91 Å². The fourth-order valence-corrected chi connectivity index (χ4v) is 3.69. The minimum Gasteiger partial charge on any atom is -0.396 e. The summed E-state index contributed by atoms with van der Waals surface area (Å²) in [6, 6.07) is 0. The standard InChI is InChI=1S/C15H27NO2/c1-11-5-4-8-14(11)15(18)16-9-12-6-2-3-7-13(12)10-17/h11-14,17H,2-10H2,1H3,(H,16,18). The molecule has 0 aromatic heterocycles. The van der Waals surface area contributed by atoms with Crippen LogP contribution in [0.25, 0.3) is 0 Å². The Bertz CT molecular complexity index is 280. The van der Waals surface area contributed by atoms with Crippen LogP contribution in [0.3, 0.4) is 0 Å². The van der Waals surface area contributed by atoms with Gasteiger partial charge in [-0.05, 0) is 43.4 Å². The van der Waals surface area contributed by atoms with Gasteiger partial charge in [0.05, 0.1) is 0 Å². The van der Waals surface area contributed by atoms with Gasteiger partial charge in [0.25, 0.3) is 0 Å². The molecule has 2 aliphatic carbocycles. The normalized spacial score (nSPS) is 36.6. The van der Waals surface area contributed by atoms with Gasteiger partial charge >= 0.3 is 0 Å². The average Bonchev–Trinajstić information content (AvgIpc) is 2.82. The summed E-state index contributed by atoms with van der Waals surface area (Å²) in [7, 11) is 0. The van der Waals surface area contributed by atoms with Gasteiger partial charge in [-0.25, -0.2) is 0 Å². The maximum atomic E-state index is 12.1. The van der Waals surface area contributed by atoms with Crippen LogP contribution in [0.2, 0.25) is 0 Å². The van der Waals surface area contributed by atoms with Gasteiger partial charge in [-0.3, -0.25) is 4.79 Å². The van der Waals surface area contributed by atoms with Crippen molar-refractivity contribution in [2.75, 3.05) is 13.2 Å². The van der Waals surface area contributed by atoms with E-state index in [0.29, 0.717) is 17.8 Å². The lowest BCUT2D eigenvalue weighted by atomic mass is 9.79. The van der Waals surface area contributed by atoms with Crippen LogP contribution in [0, 0.1) is 23.7 Å². The molecule has 0 aliphatic heterocycles. The molecule has 0 saturated heterocycles. The van der Waals surface area contributed by atoms with E-state index in [4.69, 9.17) is 0 Å². The molecular formula is C15H27NO2. The molecule has 4 unspecified atom stereocenters. The van der Waals surface area contributed by atoms with Crippen LogP contribution in [-0.2, 0) is 4.79 Å². The third-order valence-corrected chi connectivity index (χ3v) is 5.04. The highest BCUT2D eigenvalue weighted by Crippen LogP contribution is 2.32. The summed E-state index contributed by atoms with van der Waals surface area (Å²) >= 11 is 0. The van der Waals surface area contributed by atoms with Crippen molar-refractivity contribution in [3.63, 3.8) is 0 Å². The van der Waals surface area contributed by atoms with Crippen LogP contribution in [0.5, 0.6) is 0 Å². The molecule has 2 saturated carbocycles. The summed E-state index contributed by atoms with van der Waals surface area (Å²) in [6.45, 7) is 3.24. The smallest absolute Gasteiger partial charge is 0.223 e. The Morgan fingerprint density at radius 1 is 1.11 bits per heavy atom. The third-order valence-electron chi connectivity index (χ3n) is 5.04. The van der Waals surface area contributed by atoms with E-state index in [0.717, 1.165) is 25.8 Å². The molecule has 3 heteroatoms. The van der Waals surface area contributed by atoms with Crippen molar-refractivity contribution in [2.45, 2.75) is 51.9 Å². The van der Waals surface area contributed by atoms with Gasteiger partial charge in [0.1, 0.15) is 0 Å². The first kappa shape index (κ1) is 13.9. The van der Waals surface area contributed by atoms with Gasteiger partial charge in [-0.1, -0.05) is 26.2 Å². The predicted molar refractivity (Wildman–Crippen MR) is 72.0 cm³/mol. The minimum absolute atomic E-state index is 0.237. The number of carbonyl (C=O) groups is 1. The van der Waals surface area contributed by atoms with Gasteiger partial charge in [-0.2, -0.15) is 0 Å². The maximum Gasteiger partial charge on any atom is 0.223 e. The molecule has 3 nitrogen and oxygen atoms in total. The fraction of sp³-hybridized carbons (Fsp3) is 0.933. The van der Waals surface area contributed by atoms with Crippen molar-refractivity contribution in [3.05, 3.63) is 0 Å². The quantitative estimate of drug-likeness (QED) is 0.808. The zero-order valence-corrected chi connectivity index (χ0v) is 11.5. The summed E-state index contributed by atoms with van der Waals surface area (Å²) in [4.78, 5) is 12.1. The highest BCUT2D eigenvalue weighted by Gasteiger charge is 2.31. The van der Waals surface area contributed by atoms with Crippen molar-refractivity contribution in [1.82, 2.24) is 5.32 Å². The lowest BCUT2D eigenvalue weighted by molar-refractivity contribution is -0.126. The molecule has 0 heterocycles. The molecule has 1 amide bonds. The largest absolute Gasteiger partial charge is 0.396 e. The Kier molecular flexibility index (Phi) is 5.04. The molecule has 0 radical (unpaired) electrons. The van der Waals surface area contributed by atoms with E-state index >= 15 is 0 Å². The topological polar surface area (TPSA) is 49.3 Å². The Labute approximate surface area is 110 Å². The van der Waals surface area contributed by atoms with Gasteiger partial charge in [0, 0.05) is 19.1 Å². The summed E-state index contributed by atoms with van der Waals surface area (Å²) in [5, 5.41) is 12.5. The molecule has 2 N–H and O–H groups in total. The Hall–Kier alpha value is -0.570. The van der Waals surface area contributed by atoms with Crippen LogP contribution < -0.4 is 5.32 Å². The molecule has 104 valence electrons. The van der Waals surface area contributed by atoms with E-state index in [-0.39, 0.29) is 18.4 Å². The summed E-state index contributed by atoms with van der Waals surface area (Å²) in [6.07, 6.45) is 8.21. The molecule has 0 spiro atoms. The van der Waals surface area contributed by atoms with E-state index < -0.39 is 0 Å². The maximum absolute atomic E-state index is 12.1. The monoisotopic (exact) mass is 253 g/mol. The van der Waals surface area contributed by atoms with Crippen molar-refractivity contribution in [3.8, 4) is 0 Å². The summed E-state index contributed by atoms with van der Waals surface area (Å²) in [5.74, 6) is 1.93. The van der Waals surface area contributed by atoms with E-state index in [1.807, 2.05) is 0 Å². The molecule has 4 atom stereocenters. The van der Waals surface area contributed by atoms with Crippen LogP contribution >= 0.6 is 0 Å². The molecule has 2 aliphatic rings. The van der Waals surface area contributed by atoms with E-state index in [9.17, 15) is 9.90 Å². The average molecular weight is 253 g/mol. The number of carbonyl (C=O) groups excluding carboxylic acids is 1. The number of hydrogen-bond acceptors (Lipinski definition) is 2. The first-order valence-corrected chi connectivity index (χ1v) is 7.61. The summed E-state index contributed by atoms with van der Waals surface area (Å²) < 4.78 is 0. The predicted octanol–water partition coefficient (Wildman–Crippen LogP) is 2.34. The van der Waals surface area contributed by atoms with E-state index in [1.54, 1.807) is 0 Å². The first-order chi connectivity index (χ1) is 8.72. The van der Waals surface area contributed by atoms with Crippen molar-refractivity contribution >= 4 is 5.91 Å². The lowest BCUT2D eigenvalue weighted by Gasteiger charge is -2.30. The lowest BCUT2D eigenvalue weighted by Crippen LogP contribution is -2.39. The van der Waals surface area contributed by atoms with Gasteiger partial charge < -0.3 is 10.4 Å². The highest BCUT2D eigenvalue weighted by molar-refractivity contribution is 5.79. The first-order valence-electron chi connectivity index (χ1n) is 7.61. The van der Waals surface area contributed by atoms with Crippen molar-refractivity contribution < 1.29 is 9.90 Å². The number of rotatable bonds is 4. The second-order valence-corrected chi connectivity index (χ2v) is 6.25. The highest BCUT2D eigenvalue weighted by atomic mass is 16.3. The number of amides is 1. The van der Waals surface area contributed by atoms with Gasteiger partial charge in [-0.15, -0.1) is 0 Å². The molecule has 18 heavy (non-hydrogen) atoms. The van der Waals surface area contributed by atoms with Crippen LogP contribution in [0.4, 0.5) is 0 Å². The van der Waals surface area contributed by atoms with Crippen LogP contribution in [0.15, 0.2) is 0 Å². The second kappa shape index (κ2) is 6.55. The number of aliphatic hydroxyl groups is 1. The second-order valence-electron chi connectivity index (χ2n) is 6.25. The Morgan fingerprint density at radius 3 is 2.44 bits per heavy atom. The Balaban J connectivity index is 1.77. The molecule has 0 aromatic carbocycles. The van der Waals surface area contributed by atoms with Crippen molar-refractivity contribution in [2.24, 2.45) is 23.7 Å². The SMILES string of the molecule is CC1CCCC1C(=O)NCC1CCCCC1CO. The zero-order valence-electron chi connectivity index (χ0n) is 11.5. The van der Waals surface area contributed by atoms with E-state index in [1.165, 1.54) is 25.7 Å². The molecule has 2 fully saturated rings. The molecule has 0 aromatic rings. The van der Waals surface area contributed by atoms with E-state index in [2.05, 4.69) is 12.2 Å². The molecule has 2 rings (SSSR count). The zero-order chi connectivity index (χ0) is 13.0. The fourth-order valence-electron chi connectivity index (χ4n) is 3.69. The number of nitrogens with one attached hydrogen (secondary N) is 1. The van der Waals surface area contributed by atoms with Crippen LogP contribution in [0.1, 0.15) is 51.9 Å². The van der Waals surface area contributed by atoms with Gasteiger partial charge in [0.15, 0.2) is 0 Å². The Morgan fingerprint density at radius 2 is 1.83 bits per heavy atom. The minimum atomic E-state index is 0.237. The van der Waals surface area contributed by atoms with Crippen molar-refractivity contribution in [1.29, 1.82) is 0 Å². The number of hydrogen-bond donors (Lipinski definition) is 2. The number of aliphatic hydroxyl groups excluding tert-OH is 1.